The number of amides is 2. The third-order valence-corrected chi connectivity index (χ3v) is 3.57. The van der Waals surface area contributed by atoms with E-state index in [9.17, 15) is 9.59 Å². The van der Waals surface area contributed by atoms with E-state index in [-0.39, 0.29) is 17.7 Å². The monoisotopic (exact) mass is 253 g/mol. The molecular formula is C13H23N3O2. The van der Waals surface area contributed by atoms with Crippen molar-refractivity contribution in [3.63, 3.8) is 0 Å². The Morgan fingerprint density at radius 3 is 2.56 bits per heavy atom. The average molecular weight is 253 g/mol. The minimum Gasteiger partial charge on any atom is -0.354 e. The zero-order valence-electron chi connectivity index (χ0n) is 10.8. The molecule has 102 valence electrons. The van der Waals surface area contributed by atoms with Crippen molar-refractivity contribution in [2.45, 2.75) is 32.1 Å². The first-order valence-electron chi connectivity index (χ1n) is 7.01. The molecule has 2 fully saturated rings. The molecule has 1 saturated carbocycles. The van der Waals surface area contributed by atoms with Crippen LogP contribution in [-0.2, 0) is 9.59 Å². The first-order chi connectivity index (χ1) is 8.75. The molecule has 1 aliphatic carbocycles. The van der Waals surface area contributed by atoms with Crippen LogP contribution in [0.25, 0.3) is 0 Å². The van der Waals surface area contributed by atoms with Gasteiger partial charge in [0.05, 0.1) is 0 Å². The van der Waals surface area contributed by atoms with Crippen molar-refractivity contribution >= 4 is 11.8 Å². The van der Waals surface area contributed by atoms with Crippen molar-refractivity contribution in [3.05, 3.63) is 0 Å². The van der Waals surface area contributed by atoms with Crippen LogP contribution in [0.1, 0.15) is 32.1 Å². The number of hydrogen-bond acceptors (Lipinski definition) is 3. The van der Waals surface area contributed by atoms with Gasteiger partial charge in [-0.3, -0.25) is 9.59 Å². The highest BCUT2D eigenvalue weighted by Crippen LogP contribution is 2.28. The maximum absolute atomic E-state index is 11.7. The van der Waals surface area contributed by atoms with Gasteiger partial charge in [0.1, 0.15) is 0 Å². The maximum atomic E-state index is 11.7. The summed E-state index contributed by atoms with van der Waals surface area (Å²) >= 11 is 0. The molecular weight excluding hydrogens is 230 g/mol. The largest absolute Gasteiger partial charge is 0.354 e. The quantitative estimate of drug-likeness (QED) is 0.584. The van der Waals surface area contributed by atoms with Gasteiger partial charge in [0.15, 0.2) is 0 Å². The summed E-state index contributed by atoms with van der Waals surface area (Å²) in [5.74, 6) is 0.957. The highest BCUT2D eigenvalue weighted by Gasteiger charge is 2.29. The first-order valence-corrected chi connectivity index (χ1v) is 7.01. The molecule has 1 saturated heterocycles. The van der Waals surface area contributed by atoms with Crippen molar-refractivity contribution in [2.75, 3.05) is 26.2 Å². The molecule has 0 spiro atoms. The molecule has 5 nitrogen and oxygen atoms in total. The van der Waals surface area contributed by atoms with E-state index in [1.54, 1.807) is 0 Å². The zero-order chi connectivity index (χ0) is 12.8. The fourth-order valence-corrected chi connectivity index (χ4v) is 2.31. The van der Waals surface area contributed by atoms with Crippen molar-refractivity contribution in [1.82, 2.24) is 16.0 Å². The lowest BCUT2D eigenvalue weighted by Crippen LogP contribution is -2.38. The van der Waals surface area contributed by atoms with Crippen LogP contribution in [0.15, 0.2) is 0 Å². The van der Waals surface area contributed by atoms with Gasteiger partial charge in [-0.05, 0) is 44.7 Å². The predicted octanol–water partition coefficient (Wildman–Crippen LogP) is 0.0185. The summed E-state index contributed by atoms with van der Waals surface area (Å²) in [6, 6.07) is 0. The molecule has 2 aliphatic rings. The van der Waals surface area contributed by atoms with Crippen molar-refractivity contribution in [2.24, 2.45) is 11.8 Å². The molecule has 0 aromatic rings. The molecule has 0 radical (unpaired) electrons. The smallest absolute Gasteiger partial charge is 0.223 e. The number of carbonyl (C=O) groups excluding carboxylic acids is 2. The van der Waals surface area contributed by atoms with Gasteiger partial charge in [-0.25, -0.2) is 0 Å². The lowest BCUT2D eigenvalue weighted by Gasteiger charge is -2.22. The van der Waals surface area contributed by atoms with Gasteiger partial charge in [-0.2, -0.15) is 0 Å². The van der Waals surface area contributed by atoms with E-state index in [1.807, 2.05) is 0 Å². The maximum Gasteiger partial charge on any atom is 0.223 e. The summed E-state index contributed by atoms with van der Waals surface area (Å²) in [5, 5.41) is 9.01. The van der Waals surface area contributed by atoms with E-state index >= 15 is 0 Å². The van der Waals surface area contributed by atoms with E-state index in [2.05, 4.69) is 16.0 Å². The van der Waals surface area contributed by atoms with E-state index in [0.717, 1.165) is 38.8 Å². The third kappa shape index (κ3) is 4.64. The molecule has 5 heteroatoms. The van der Waals surface area contributed by atoms with Gasteiger partial charge in [0, 0.05) is 25.4 Å². The summed E-state index contributed by atoms with van der Waals surface area (Å²) < 4.78 is 0. The molecule has 1 heterocycles. The highest BCUT2D eigenvalue weighted by molar-refractivity contribution is 5.81. The molecule has 0 aromatic carbocycles. The predicted molar refractivity (Wildman–Crippen MR) is 69.0 cm³/mol. The Bertz CT molecular complexity index is 297. The van der Waals surface area contributed by atoms with Gasteiger partial charge in [0.2, 0.25) is 11.8 Å². The van der Waals surface area contributed by atoms with Gasteiger partial charge in [-0.1, -0.05) is 0 Å². The van der Waals surface area contributed by atoms with Crippen LogP contribution in [-0.4, -0.2) is 38.0 Å². The molecule has 1 atom stereocenters. The van der Waals surface area contributed by atoms with Crippen LogP contribution in [0.4, 0.5) is 0 Å². The fraction of sp³-hybridized carbons (Fsp3) is 0.846. The summed E-state index contributed by atoms with van der Waals surface area (Å²) in [6.07, 6.45) is 4.94. The normalized spacial score (nSPS) is 23.4. The minimum absolute atomic E-state index is 0.101. The molecule has 2 amide bonds. The summed E-state index contributed by atoms with van der Waals surface area (Å²) in [4.78, 5) is 23.0. The molecule has 0 aromatic heterocycles. The topological polar surface area (TPSA) is 70.2 Å². The Hall–Kier alpha value is -1.10. The average Bonchev–Trinajstić information content (AvgIpc) is 3.20. The van der Waals surface area contributed by atoms with E-state index in [1.165, 1.54) is 0 Å². The molecule has 0 bridgehead atoms. The van der Waals surface area contributed by atoms with E-state index < -0.39 is 0 Å². The SMILES string of the molecule is O=C(CC1CCCNC1)NCCNC(=O)C1CC1. The molecule has 1 unspecified atom stereocenters. The Morgan fingerprint density at radius 2 is 1.89 bits per heavy atom. The van der Waals surface area contributed by atoms with Crippen molar-refractivity contribution in [3.8, 4) is 0 Å². The van der Waals surface area contributed by atoms with Crippen LogP contribution < -0.4 is 16.0 Å². The second-order valence-electron chi connectivity index (χ2n) is 5.33. The molecule has 2 rings (SSSR count). The zero-order valence-corrected chi connectivity index (χ0v) is 10.8. The van der Waals surface area contributed by atoms with E-state index in [4.69, 9.17) is 0 Å². The Labute approximate surface area is 108 Å². The second-order valence-corrected chi connectivity index (χ2v) is 5.33. The number of nitrogens with one attached hydrogen (secondary N) is 3. The fourth-order valence-electron chi connectivity index (χ4n) is 2.31. The van der Waals surface area contributed by atoms with Crippen molar-refractivity contribution < 1.29 is 9.59 Å². The van der Waals surface area contributed by atoms with Gasteiger partial charge < -0.3 is 16.0 Å². The number of hydrogen-bond donors (Lipinski definition) is 3. The molecule has 18 heavy (non-hydrogen) atoms. The third-order valence-electron chi connectivity index (χ3n) is 3.57. The minimum atomic E-state index is 0.101. The van der Waals surface area contributed by atoms with Crippen LogP contribution in [0.5, 0.6) is 0 Å². The summed E-state index contributed by atoms with van der Waals surface area (Å²) in [6.45, 7) is 3.11. The Morgan fingerprint density at radius 1 is 1.11 bits per heavy atom. The standard InChI is InChI=1S/C13H23N3O2/c17-12(8-10-2-1-5-14-9-10)15-6-7-16-13(18)11-3-4-11/h10-11,14H,1-9H2,(H,15,17)(H,16,18). The van der Waals surface area contributed by atoms with Gasteiger partial charge in [-0.15, -0.1) is 0 Å². The first kappa shape index (κ1) is 13.3. The van der Waals surface area contributed by atoms with Crippen LogP contribution in [0.2, 0.25) is 0 Å². The van der Waals surface area contributed by atoms with Crippen molar-refractivity contribution in [1.29, 1.82) is 0 Å². The molecule has 3 N–H and O–H groups in total. The summed E-state index contributed by atoms with van der Waals surface area (Å²) in [5.41, 5.74) is 0. The lowest BCUT2D eigenvalue weighted by molar-refractivity contribution is -0.124. The van der Waals surface area contributed by atoms with E-state index in [0.29, 0.717) is 25.4 Å². The highest BCUT2D eigenvalue weighted by atomic mass is 16.2. The van der Waals surface area contributed by atoms with Gasteiger partial charge in [0.25, 0.3) is 0 Å². The lowest BCUT2D eigenvalue weighted by atomic mass is 9.96. The van der Waals surface area contributed by atoms with Gasteiger partial charge >= 0.3 is 0 Å². The number of piperidine rings is 1. The number of rotatable bonds is 6. The second kappa shape index (κ2) is 6.73. The summed E-state index contributed by atoms with van der Waals surface area (Å²) in [7, 11) is 0. The van der Waals surface area contributed by atoms with Crippen LogP contribution >= 0.6 is 0 Å². The Kier molecular flexibility index (Phi) is 4.99. The van der Waals surface area contributed by atoms with Crippen LogP contribution in [0, 0.1) is 11.8 Å². The Balaban J connectivity index is 1.49. The van der Waals surface area contributed by atoms with Crippen LogP contribution in [0.3, 0.4) is 0 Å². The number of carbonyl (C=O) groups is 2. The molecule has 1 aliphatic heterocycles.